The molecule has 1 unspecified atom stereocenters. The average molecular weight is 301 g/mol. The molecule has 0 aliphatic rings. The summed E-state index contributed by atoms with van der Waals surface area (Å²) in [6.07, 6.45) is 1.53. The Hall–Kier alpha value is -0.940. The fourth-order valence-electron chi connectivity index (χ4n) is 1.66. The summed E-state index contributed by atoms with van der Waals surface area (Å²) in [5, 5.41) is 11.0. The van der Waals surface area contributed by atoms with E-state index in [9.17, 15) is 10.1 Å². The molecule has 1 aromatic carbocycles. The minimum Gasteiger partial charge on any atom is -0.330 e. The lowest BCUT2D eigenvalue weighted by molar-refractivity contribution is -0.385. The molecule has 1 atom stereocenters. The number of hydrogen-bond donors (Lipinski definition) is 1. The third kappa shape index (κ3) is 3.51. The summed E-state index contributed by atoms with van der Waals surface area (Å²) in [5.74, 6) is 0. The van der Waals surface area contributed by atoms with Crippen molar-refractivity contribution in [1.29, 1.82) is 0 Å². The highest BCUT2D eigenvalue weighted by molar-refractivity contribution is 9.10. The summed E-state index contributed by atoms with van der Waals surface area (Å²) < 4.78 is 0.721. The van der Waals surface area contributed by atoms with Crippen LogP contribution in [0.25, 0.3) is 0 Å². The van der Waals surface area contributed by atoms with Gasteiger partial charge in [0, 0.05) is 16.1 Å². The van der Waals surface area contributed by atoms with E-state index in [1.807, 2.05) is 6.07 Å². The molecular formula is C12H17BrN2O2. The van der Waals surface area contributed by atoms with Crippen LogP contribution in [0.5, 0.6) is 0 Å². The second-order valence-electron chi connectivity index (χ2n) is 4.58. The van der Waals surface area contributed by atoms with Gasteiger partial charge in [-0.3, -0.25) is 10.1 Å². The highest BCUT2D eigenvalue weighted by Crippen LogP contribution is 2.31. The quantitative estimate of drug-likeness (QED) is 0.670. The van der Waals surface area contributed by atoms with Crippen molar-refractivity contribution in [1.82, 2.24) is 0 Å². The molecule has 0 spiro atoms. The zero-order valence-corrected chi connectivity index (χ0v) is 11.7. The van der Waals surface area contributed by atoms with E-state index in [4.69, 9.17) is 5.73 Å². The monoisotopic (exact) mass is 300 g/mol. The molecule has 0 aromatic heterocycles. The van der Waals surface area contributed by atoms with Gasteiger partial charge in [0.2, 0.25) is 0 Å². The third-order valence-electron chi connectivity index (χ3n) is 3.21. The smallest absolute Gasteiger partial charge is 0.273 e. The van der Waals surface area contributed by atoms with Gasteiger partial charge in [-0.2, -0.15) is 0 Å². The van der Waals surface area contributed by atoms with Gasteiger partial charge in [0.25, 0.3) is 5.69 Å². The van der Waals surface area contributed by atoms with Gasteiger partial charge >= 0.3 is 0 Å². The Morgan fingerprint density at radius 1 is 1.53 bits per heavy atom. The molecule has 0 heterocycles. The first kappa shape index (κ1) is 14.1. The molecule has 0 saturated carbocycles. The molecule has 0 radical (unpaired) electrons. The van der Waals surface area contributed by atoms with Crippen LogP contribution in [0.2, 0.25) is 0 Å². The van der Waals surface area contributed by atoms with Gasteiger partial charge < -0.3 is 5.73 Å². The van der Waals surface area contributed by atoms with Crippen LogP contribution in [-0.4, -0.2) is 11.5 Å². The standard InChI is InChI=1S/C12H17BrN2O2/c1-3-12(2,8-14)7-9-4-5-10(13)6-11(9)15(16)17/h4-6H,3,7-8,14H2,1-2H3. The van der Waals surface area contributed by atoms with Gasteiger partial charge in [0.1, 0.15) is 0 Å². The molecule has 0 aliphatic carbocycles. The minimum absolute atomic E-state index is 0.0847. The van der Waals surface area contributed by atoms with Crippen LogP contribution >= 0.6 is 15.9 Å². The minimum atomic E-state index is -0.341. The predicted molar refractivity (Wildman–Crippen MR) is 72.0 cm³/mol. The van der Waals surface area contributed by atoms with Crippen molar-refractivity contribution in [2.24, 2.45) is 11.1 Å². The Balaban J connectivity index is 3.10. The molecule has 0 saturated heterocycles. The van der Waals surface area contributed by atoms with Crippen molar-refractivity contribution in [2.45, 2.75) is 26.7 Å². The molecular weight excluding hydrogens is 284 g/mol. The molecule has 0 fully saturated rings. The van der Waals surface area contributed by atoms with Gasteiger partial charge in [0.15, 0.2) is 0 Å². The second-order valence-corrected chi connectivity index (χ2v) is 5.49. The van der Waals surface area contributed by atoms with Crippen LogP contribution in [0, 0.1) is 15.5 Å². The number of halogens is 1. The zero-order chi connectivity index (χ0) is 13.1. The van der Waals surface area contributed by atoms with E-state index in [0.29, 0.717) is 13.0 Å². The second kappa shape index (κ2) is 5.60. The normalized spacial score (nSPS) is 14.4. The third-order valence-corrected chi connectivity index (χ3v) is 3.70. The maximum Gasteiger partial charge on any atom is 0.273 e. The van der Waals surface area contributed by atoms with Crippen LogP contribution < -0.4 is 5.73 Å². The van der Waals surface area contributed by atoms with Gasteiger partial charge in [-0.15, -0.1) is 0 Å². The maximum atomic E-state index is 11.0. The molecule has 1 aromatic rings. The van der Waals surface area contributed by atoms with Crippen LogP contribution in [0.1, 0.15) is 25.8 Å². The van der Waals surface area contributed by atoms with Gasteiger partial charge in [-0.05, 0) is 30.9 Å². The summed E-state index contributed by atoms with van der Waals surface area (Å²) in [6, 6.07) is 5.17. The van der Waals surface area contributed by atoms with E-state index < -0.39 is 0 Å². The fourth-order valence-corrected chi connectivity index (χ4v) is 2.01. The molecule has 0 amide bonds. The SMILES string of the molecule is CCC(C)(CN)Cc1ccc(Br)cc1[N+](=O)[O-]. The molecule has 17 heavy (non-hydrogen) atoms. The van der Waals surface area contributed by atoms with Gasteiger partial charge in [-0.25, -0.2) is 0 Å². The Morgan fingerprint density at radius 2 is 2.18 bits per heavy atom. The molecule has 0 aliphatic heterocycles. The summed E-state index contributed by atoms with van der Waals surface area (Å²) in [6.45, 7) is 4.63. The van der Waals surface area contributed by atoms with Gasteiger partial charge in [-0.1, -0.05) is 35.8 Å². The summed E-state index contributed by atoms with van der Waals surface area (Å²) in [5.41, 5.74) is 6.56. The van der Waals surface area contributed by atoms with Crippen molar-refractivity contribution in [3.8, 4) is 0 Å². The van der Waals surface area contributed by atoms with E-state index in [1.165, 1.54) is 0 Å². The summed E-state index contributed by atoms with van der Waals surface area (Å²) >= 11 is 3.25. The fraction of sp³-hybridized carbons (Fsp3) is 0.500. The molecule has 1 rings (SSSR count). The number of nitro benzene ring substituents is 1. The number of rotatable bonds is 5. The average Bonchev–Trinajstić information content (AvgIpc) is 2.31. The summed E-state index contributed by atoms with van der Waals surface area (Å²) in [4.78, 5) is 10.6. The highest BCUT2D eigenvalue weighted by Gasteiger charge is 2.25. The largest absolute Gasteiger partial charge is 0.330 e. The van der Waals surface area contributed by atoms with Crippen LogP contribution in [0.15, 0.2) is 22.7 Å². The molecule has 2 N–H and O–H groups in total. The van der Waals surface area contributed by atoms with E-state index in [-0.39, 0.29) is 16.0 Å². The van der Waals surface area contributed by atoms with Crippen molar-refractivity contribution in [2.75, 3.05) is 6.54 Å². The number of nitro groups is 1. The van der Waals surface area contributed by atoms with Crippen molar-refractivity contribution >= 4 is 21.6 Å². The van der Waals surface area contributed by atoms with Gasteiger partial charge in [0.05, 0.1) is 4.92 Å². The predicted octanol–water partition coefficient (Wildman–Crippen LogP) is 3.27. The number of nitrogens with two attached hydrogens (primary N) is 1. The van der Waals surface area contributed by atoms with Crippen molar-refractivity contribution in [3.05, 3.63) is 38.3 Å². The topological polar surface area (TPSA) is 69.2 Å². The first-order valence-corrected chi connectivity index (χ1v) is 6.34. The van der Waals surface area contributed by atoms with Crippen molar-refractivity contribution < 1.29 is 4.92 Å². The zero-order valence-electron chi connectivity index (χ0n) is 10.1. The Kier molecular flexibility index (Phi) is 4.65. The first-order valence-electron chi connectivity index (χ1n) is 5.55. The lowest BCUT2D eigenvalue weighted by Crippen LogP contribution is -2.29. The van der Waals surface area contributed by atoms with E-state index >= 15 is 0 Å². The van der Waals surface area contributed by atoms with Crippen LogP contribution in [0.4, 0.5) is 5.69 Å². The van der Waals surface area contributed by atoms with E-state index in [0.717, 1.165) is 16.5 Å². The maximum absolute atomic E-state index is 11.0. The molecule has 0 bridgehead atoms. The van der Waals surface area contributed by atoms with Crippen molar-refractivity contribution in [3.63, 3.8) is 0 Å². The highest BCUT2D eigenvalue weighted by atomic mass is 79.9. The van der Waals surface area contributed by atoms with E-state index in [2.05, 4.69) is 29.8 Å². The number of benzene rings is 1. The Labute approximate surface area is 109 Å². The molecule has 5 heteroatoms. The van der Waals surface area contributed by atoms with Crippen LogP contribution in [-0.2, 0) is 6.42 Å². The lowest BCUT2D eigenvalue weighted by atomic mass is 9.81. The van der Waals surface area contributed by atoms with E-state index in [1.54, 1.807) is 12.1 Å². The number of hydrogen-bond acceptors (Lipinski definition) is 3. The number of nitrogens with zero attached hydrogens (tertiary/aromatic N) is 1. The molecule has 94 valence electrons. The first-order chi connectivity index (χ1) is 7.91. The summed E-state index contributed by atoms with van der Waals surface area (Å²) in [7, 11) is 0. The lowest BCUT2D eigenvalue weighted by Gasteiger charge is -2.26. The Bertz CT molecular complexity index is 417. The van der Waals surface area contributed by atoms with Crippen LogP contribution in [0.3, 0.4) is 0 Å². The molecule has 4 nitrogen and oxygen atoms in total. The Morgan fingerprint density at radius 3 is 2.65 bits per heavy atom.